The Balaban J connectivity index is 0.00000264. The molecule has 0 saturated heterocycles. The molecule has 0 aliphatic rings. The topological polar surface area (TPSA) is 110 Å². The fraction of sp³-hybridized carbons (Fsp3) is 0.267. The number of nitrogens with zero attached hydrogens (tertiary/aromatic N) is 1. The highest BCUT2D eigenvalue weighted by molar-refractivity contribution is 6.04. The fourth-order valence-electron chi connectivity index (χ4n) is 1.86. The Morgan fingerprint density at radius 1 is 1.22 bits per heavy atom. The predicted molar refractivity (Wildman–Crippen MR) is 89.8 cm³/mol. The Morgan fingerprint density at radius 3 is 2.26 bits per heavy atom. The monoisotopic (exact) mass is 338 g/mol. The quantitative estimate of drug-likeness (QED) is 0.775. The van der Waals surface area contributed by atoms with Crippen LogP contribution in [0.1, 0.15) is 29.5 Å². The van der Waals surface area contributed by atoms with Crippen LogP contribution in [0.3, 0.4) is 0 Å². The smallest absolute Gasteiger partial charge is 0.260 e. The molecule has 1 atom stereocenters. The van der Waals surface area contributed by atoms with Crippen molar-refractivity contribution in [1.82, 2.24) is 5.16 Å². The first-order chi connectivity index (χ1) is 10.5. The largest absolute Gasteiger partial charge is 0.361 e. The van der Waals surface area contributed by atoms with Gasteiger partial charge >= 0.3 is 0 Å². The molecule has 2 amide bonds. The van der Waals surface area contributed by atoms with Gasteiger partial charge < -0.3 is 20.9 Å². The molecule has 2 aromatic rings. The average Bonchev–Trinajstić information content (AvgIpc) is 2.86. The molecule has 1 aromatic carbocycles. The zero-order valence-corrected chi connectivity index (χ0v) is 13.6. The van der Waals surface area contributed by atoms with E-state index in [1.807, 2.05) is 0 Å². The van der Waals surface area contributed by atoms with E-state index in [0.29, 0.717) is 22.7 Å². The second kappa shape index (κ2) is 8.30. The second-order valence-corrected chi connectivity index (χ2v) is 5.06. The maximum absolute atomic E-state index is 12.0. The van der Waals surface area contributed by atoms with Gasteiger partial charge in [-0.15, -0.1) is 12.4 Å². The maximum atomic E-state index is 12.0. The Hall–Kier alpha value is -2.38. The van der Waals surface area contributed by atoms with Gasteiger partial charge in [0, 0.05) is 23.8 Å². The predicted octanol–water partition coefficient (Wildman–Crippen LogP) is 2.33. The molecule has 1 unspecified atom stereocenters. The van der Waals surface area contributed by atoms with E-state index < -0.39 is 0 Å². The lowest BCUT2D eigenvalue weighted by molar-refractivity contribution is -0.116. The zero-order chi connectivity index (χ0) is 16.1. The number of hydrogen-bond acceptors (Lipinski definition) is 5. The van der Waals surface area contributed by atoms with Crippen molar-refractivity contribution in [3.8, 4) is 0 Å². The van der Waals surface area contributed by atoms with Gasteiger partial charge in [-0.05, 0) is 38.1 Å². The molecule has 1 aromatic heterocycles. The number of halogens is 1. The molecule has 0 fully saturated rings. The highest BCUT2D eigenvalue weighted by Crippen LogP contribution is 2.16. The molecular weight excluding hydrogens is 320 g/mol. The number of nitrogens with one attached hydrogen (secondary N) is 2. The minimum absolute atomic E-state index is 0. The summed E-state index contributed by atoms with van der Waals surface area (Å²) in [5.74, 6) is 0.0108. The molecule has 0 spiro atoms. The molecule has 23 heavy (non-hydrogen) atoms. The number of aromatic nitrogens is 1. The molecule has 1 heterocycles. The first kappa shape index (κ1) is 18.7. The van der Waals surface area contributed by atoms with Crippen molar-refractivity contribution in [2.75, 3.05) is 10.6 Å². The average molecular weight is 339 g/mol. The standard InChI is InChI=1S/C15H18N4O3.ClH/c1-9(16)7-14(20)18-11-3-5-12(6-4-11)19-15(21)13-8-17-22-10(13)2;/h3-6,8-9H,7,16H2,1-2H3,(H,18,20)(H,19,21);1H. The van der Waals surface area contributed by atoms with Gasteiger partial charge in [0.1, 0.15) is 11.3 Å². The van der Waals surface area contributed by atoms with Gasteiger partial charge in [0.15, 0.2) is 0 Å². The van der Waals surface area contributed by atoms with Crippen molar-refractivity contribution in [2.24, 2.45) is 5.73 Å². The molecule has 7 nitrogen and oxygen atoms in total. The van der Waals surface area contributed by atoms with E-state index in [0.717, 1.165) is 0 Å². The summed E-state index contributed by atoms with van der Waals surface area (Å²) < 4.78 is 4.85. The van der Waals surface area contributed by atoms with Crippen LogP contribution in [0.15, 0.2) is 35.0 Å². The van der Waals surface area contributed by atoms with Gasteiger partial charge in [-0.1, -0.05) is 5.16 Å². The van der Waals surface area contributed by atoms with Gasteiger partial charge in [0.05, 0.1) is 6.20 Å². The summed E-state index contributed by atoms with van der Waals surface area (Å²) >= 11 is 0. The number of carbonyl (C=O) groups is 2. The number of rotatable bonds is 5. The van der Waals surface area contributed by atoms with E-state index in [4.69, 9.17) is 10.3 Å². The van der Waals surface area contributed by atoms with Gasteiger partial charge in [-0.3, -0.25) is 9.59 Å². The number of nitrogens with two attached hydrogens (primary N) is 1. The first-order valence-electron chi connectivity index (χ1n) is 6.84. The molecule has 4 N–H and O–H groups in total. The van der Waals surface area contributed by atoms with E-state index in [2.05, 4.69) is 15.8 Å². The van der Waals surface area contributed by atoms with Crippen molar-refractivity contribution in [1.29, 1.82) is 0 Å². The van der Waals surface area contributed by atoms with Crippen LogP contribution in [0, 0.1) is 6.92 Å². The molecule has 2 rings (SSSR count). The number of anilines is 2. The molecule has 0 aliphatic heterocycles. The minimum atomic E-state index is -0.299. The SMILES string of the molecule is Cc1oncc1C(=O)Nc1ccc(NC(=O)CC(C)N)cc1.Cl. The summed E-state index contributed by atoms with van der Waals surface area (Å²) in [6.45, 7) is 3.43. The molecule has 8 heteroatoms. The van der Waals surface area contributed by atoms with Crippen molar-refractivity contribution < 1.29 is 14.1 Å². The number of carbonyl (C=O) groups excluding carboxylic acids is 2. The Kier molecular flexibility index (Phi) is 6.74. The van der Waals surface area contributed by atoms with Crippen LogP contribution in [0.4, 0.5) is 11.4 Å². The number of amides is 2. The van der Waals surface area contributed by atoms with Gasteiger partial charge in [-0.25, -0.2) is 0 Å². The van der Waals surface area contributed by atoms with E-state index in [1.54, 1.807) is 38.1 Å². The third-order valence-corrected chi connectivity index (χ3v) is 2.93. The van der Waals surface area contributed by atoms with E-state index in [1.165, 1.54) is 6.20 Å². The summed E-state index contributed by atoms with van der Waals surface area (Å²) in [4.78, 5) is 23.6. The van der Waals surface area contributed by atoms with Crippen molar-refractivity contribution in [2.45, 2.75) is 26.3 Å². The van der Waals surface area contributed by atoms with E-state index in [-0.39, 0.29) is 36.7 Å². The fourth-order valence-corrected chi connectivity index (χ4v) is 1.86. The van der Waals surface area contributed by atoms with E-state index >= 15 is 0 Å². The van der Waals surface area contributed by atoms with Crippen LogP contribution in [-0.2, 0) is 4.79 Å². The number of benzene rings is 1. The van der Waals surface area contributed by atoms with E-state index in [9.17, 15) is 9.59 Å². The third kappa shape index (κ3) is 5.39. The van der Waals surface area contributed by atoms with Gasteiger partial charge in [-0.2, -0.15) is 0 Å². The highest BCUT2D eigenvalue weighted by Gasteiger charge is 2.13. The molecule has 0 bridgehead atoms. The lowest BCUT2D eigenvalue weighted by Crippen LogP contribution is -2.23. The zero-order valence-electron chi connectivity index (χ0n) is 12.8. The van der Waals surface area contributed by atoms with Crippen LogP contribution < -0.4 is 16.4 Å². The van der Waals surface area contributed by atoms with Gasteiger partial charge in [0.2, 0.25) is 5.91 Å². The molecular formula is C15H19ClN4O3. The second-order valence-electron chi connectivity index (χ2n) is 5.06. The lowest BCUT2D eigenvalue weighted by Gasteiger charge is -2.08. The number of hydrogen-bond donors (Lipinski definition) is 3. The van der Waals surface area contributed by atoms with Crippen molar-refractivity contribution >= 4 is 35.6 Å². The van der Waals surface area contributed by atoms with Gasteiger partial charge in [0.25, 0.3) is 5.91 Å². The molecule has 124 valence electrons. The summed E-state index contributed by atoms with van der Waals surface area (Å²) in [5, 5.41) is 9.02. The summed E-state index contributed by atoms with van der Waals surface area (Å²) in [5.41, 5.74) is 7.20. The normalized spacial score (nSPS) is 11.3. The maximum Gasteiger partial charge on any atom is 0.260 e. The number of aryl methyl sites for hydroxylation is 1. The van der Waals surface area contributed by atoms with Crippen LogP contribution >= 0.6 is 12.4 Å². The summed E-state index contributed by atoms with van der Waals surface area (Å²) in [6, 6.07) is 6.61. The highest BCUT2D eigenvalue weighted by atomic mass is 35.5. The summed E-state index contributed by atoms with van der Waals surface area (Å²) in [7, 11) is 0. The Morgan fingerprint density at radius 2 is 1.78 bits per heavy atom. The Labute approximate surface area is 140 Å². The van der Waals surface area contributed by atoms with Crippen molar-refractivity contribution in [3.63, 3.8) is 0 Å². The molecule has 0 radical (unpaired) electrons. The van der Waals surface area contributed by atoms with Crippen LogP contribution in [0.5, 0.6) is 0 Å². The molecule has 0 aliphatic carbocycles. The Bertz CT molecular complexity index is 668. The summed E-state index contributed by atoms with van der Waals surface area (Å²) in [6.07, 6.45) is 1.62. The molecule has 0 saturated carbocycles. The first-order valence-corrected chi connectivity index (χ1v) is 6.84. The lowest BCUT2D eigenvalue weighted by atomic mass is 10.2. The van der Waals surface area contributed by atoms with Crippen LogP contribution in [0.25, 0.3) is 0 Å². The van der Waals surface area contributed by atoms with Crippen LogP contribution in [0.2, 0.25) is 0 Å². The van der Waals surface area contributed by atoms with Crippen molar-refractivity contribution in [3.05, 3.63) is 41.8 Å². The third-order valence-electron chi connectivity index (χ3n) is 2.93. The minimum Gasteiger partial charge on any atom is -0.361 e. The van der Waals surface area contributed by atoms with Crippen LogP contribution in [-0.4, -0.2) is 23.0 Å².